The smallest absolute Gasteiger partial charge is 0.0184 e. The zero-order valence-electron chi connectivity index (χ0n) is 12.2. The summed E-state index contributed by atoms with van der Waals surface area (Å²) in [6, 6.07) is 15.1. The standard InChI is InChI=1S/C19H21N/c1-13(2)16-10-14-7-5-9-18(19(14)11-16)17-8-4-3-6-15(17)12-20/h3-9,11,13H,10,12,20H2,1-2H3. The second-order valence-electron chi connectivity index (χ2n) is 5.79. The van der Waals surface area contributed by atoms with E-state index in [0.717, 1.165) is 6.42 Å². The molecule has 0 amide bonds. The molecular formula is C19H21N. The number of rotatable bonds is 3. The van der Waals surface area contributed by atoms with Crippen molar-refractivity contribution in [1.29, 1.82) is 0 Å². The first-order valence-electron chi connectivity index (χ1n) is 7.31. The fourth-order valence-corrected chi connectivity index (χ4v) is 2.96. The Morgan fingerprint density at radius 2 is 1.75 bits per heavy atom. The van der Waals surface area contributed by atoms with Gasteiger partial charge in [0.15, 0.2) is 0 Å². The van der Waals surface area contributed by atoms with E-state index in [2.05, 4.69) is 62.4 Å². The Hall–Kier alpha value is -1.86. The molecule has 0 heterocycles. The quantitative estimate of drug-likeness (QED) is 0.872. The van der Waals surface area contributed by atoms with Gasteiger partial charge in [0, 0.05) is 6.54 Å². The number of allylic oxidation sites excluding steroid dienone is 1. The van der Waals surface area contributed by atoms with Gasteiger partial charge in [-0.25, -0.2) is 0 Å². The number of hydrogen-bond acceptors (Lipinski definition) is 1. The Balaban J connectivity index is 2.16. The Morgan fingerprint density at radius 3 is 2.50 bits per heavy atom. The van der Waals surface area contributed by atoms with Gasteiger partial charge in [-0.2, -0.15) is 0 Å². The van der Waals surface area contributed by atoms with Crippen molar-refractivity contribution >= 4 is 6.08 Å². The van der Waals surface area contributed by atoms with Gasteiger partial charge in [0.25, 0.3) is 0 Å². The third-order valence-electron chi connectivity index (χ3n) is 4.19. The zero-order chi connectivity index (χ0) is 14.1. The van der Waals surface area contributed by atoms with Crippen molar-refractivity contribution < 1.29 is 0 Å². The average molecular weight is 263 g/mol. The highest BCUT2D eigenvalue weighted by Gasteiger charge is 2.18. The van der Waals surface area contributed by atoms with Crippen molar-refractivity contribution in [2.75, 3.05) is 0 Å². The predicted octanol–water partition coefficient (Wildman–Crippen LogP) is 4.41. The minimum absolute atomic E-state index is 0.584. The van der Waals surface area contributed by atoms with Crippen LogP contribution in [-0.4, -0.2) is 0 Å². The molecule has 0 bridgehead atoms. The van der Waals surface area contributed by atoms with Gasteiger partial charge in [-0.05, 0) is 40.2 Å². The lowest BCUT2D eigenvalue weighted by atomic mass is 9.94. The van der Waals surface area contributed by atoms with E-state index < -0.39 is 0 Å². The number of nitrogens with two attached hydrogens (primary N) is 1. The van der Waals surface area contributed by atoms with Gasteiger partial charge < -0.3 is 5.73 Å². The van der Waals surface area contributed by atoms with E-state index in [0.29, 0.717) is 12.5 Å². The topological polar surface area (TPSA) is 26.0 Å². The number of hydrogen-bond donors (Lipinski definition) is 1. The van der Waals surface area contributed by atoms with E-state index in [1.807, 2.05) is 0 Å². The summed E-state index contributed by atoms with van der Waals surface area (Å²) >= 11 is 0. The molecule has 0 saturated heterocycles. The Morgan fingerprint density at radius 1 is 1.00 bits per heavy atom. The van der Waals surface area contributed by atoms with E-state index in [4.69, 9.17) is 5.73 Å². The van der Waals surface area contributed by atoms with Crippen molar-refractivity contribution in [3.63, 3.8) is 0 Å². The van der Waals surface area contributed by atoms with Crippen LogP contribution in [0.5, 0.6) is 0 Å². The lowest BCUT2D eigenvalue weighted by Crippen LogP contribution is -1.99. The van der Waals surface area contributed by atoms with Crippen LogP contribution in [0.4, 0.5) is 0 Å². The third-order valence-corrected chi connectivity index (χ3v) is 4.19. The molecule has 0 atom stereocenters. The summed E-state index contributed by atoms with van der Waals surface area (Å²) in [5.74, 6) is 0.611. The molecule has 0 radical (unpaired) electrons. The van der Waals surface area contributed by atoms with Crippen molar-refractivity contribution in [2.24, 2.45) is 11.7 Å². The Labute approximate surface area is 121 Å². The first-order valence-corrected chi connectivity index (χ1v) is 7.31. The van der Waals surface area contributed by atoms with E-state index in [1.54, 1.807) is 0 Å². The monoisotopic (exact) mass is 263 g/mol. The molecule has 3 rings (SSSR count). The van der Waals surface area contributed by atoms with Gasteiger partial charge in [-0.3, -0.25) is 0 Å². The van der Waals surface area contributed by atoms with Gasteiger partial charge in [-0.1, -0.05) is 68.0 Å². The molecule has 2 aromatic rings. The number of benzene rings is 2. The number of fused-ring (bicyclic) bond motifs is 1. The molecule has 2 aromatic carbocycles. The summed E-state index contributed by atoms with van der Waals surface area (Å²) in [6.45, 7) is 5.12. The second-order valence-corrected chi connectivity index (χ2v) is 5.79. The minimum Gasteiger partial charge on any atom is -0.326 e. The Bertz CT molecular complexity index is 665. The molecule has 0 spiro atoms. The SMILES string of the molecule is CC(C)C1=Cc2c(cccc2-c2ccccc2CN)C1. The summed E-state index contributed by atoms with van der Waals surface area (Å²) < 4.78 is 0. The normalized spacial score (nSPS) is 13.5. The molecule has 20 heavy (non-hydrogen) atoms. The van der Waals surface area contributed by atoms with Crippen LogP contribution < -0.4 is 5.73 Å². The van der Waals surface area contributed by atoms with Crippen LogP contribution in [0.3, 0.4) is 0 Å². The van der Waals surface area contributed by atoms with Crippen molar-refractivity contribution in [2.45, 2.75) is 26.8 Å². The molecule has 0 fully saturated rings. The van der Waals surface area contributed by atoms with Crippen LogP contribution in [0, 0.1) is 5.92 Å². The highest BCUT2D eigenvalue weighted by atomic mass is 14.5. The van der Waals surface area contributed by atoms with Crippen LogP contribution >= 0.6 is 0 Å². The molecular weight excluding hydrogens is 242 g/mol. The maximum atomic E-state index is 5.89. The van der Waals surface area contributed by atoms with Crippen LogP contribution in [0.25, 0.3) is 17.2 Å². The molecule has 102 valence electrons. The van der Waals surface area contributed by atoms with Crippen molar-refractivity contribution in [1.82, 2.24) is 0 Å². The fourth-order valence-electron chi connectivity index (χ4n) is 2.96. The fraction of sp³-hybridized carbons (Fsp3) is 0.263. The Kier molecular flexibility index (Phi) is 3.45. The van der Waals surface area contributed by atoms with Gasteiger partial charge in [0.2, 0.25) is 0 Å². The van der Waals surface area contributed by atoms with Crippen LogP contribution in [-0.2, 0) is 13.0 Å². The molecule has 2 N–H and O–H groups in total. The molecule has 0 saturated carbocycles. The molecule has 0 aromatic heterocycles. The summed E-state index contributed by atoms with van der Waals surface area (Å²) in [6.07, 6.45) is 3.47. The van der Waals surface area contributed by atoms with Gasteiger partial charge in [0.1, 0.15) is 0 Å². The minimum atomic E-state index is 0.584. The highest BCUT2D eigenvalue weighted by Crippen LogP contribution is 2.37. The lowest BCUT2D eigenvalue weighted by Gasteiger charge is -2.11. The van der Waals surface area contributed by atoms with Crippen LogP contribution in [0.15, 0.2) is 48.0 Å². The van der Waals surface area contributed by atoms with Gasteiger partial charge >= 0.3 is 0 Å². The molecule has 0 aliphatic heterocycles. The van der Waals surface area contributed by atoms with E-state index in [9.17, 15) is 0 Å². The molecule has 1 aliphatic carbocycles. The predicted molar refractivity (Wildman–Crippen MR) is 86.3 cm³/mol. The molecule has 1 aliphatic rings. The lowest BCUT2D eigenvalue weighted by molar-refractivity contribution is 0.754. The van der Waals surface area contributed by atoms with Crippen LogP contribution in [0.1, 0.15) is 30.5 Å². The molecule has 1 nitrogen and oxygen atoms in total. The third kappa shape index (κ3) is 2.19. The summed E-state index contributed by atoms with van der Waals surface area (Å²) in [7, 11) is 0. The second kappa shape index (κ2) is 5.26. The van der Waals surface area contributed by atoms with Crippen molar-refractivity contribution in [3.05, 3.63) is 64.7 Å². The summed E-state index contributed by atoms with van der Waals surface area (Å²) in [5.41, 5.74) is 14.1. The maximum absolute atomic E-state index is 5.89. The van der Waals surface area contributed by atoms with E-state index >= 15 is 0 Å². The van der Waals surface area contributed by atoms with E-state index in [1.165, 1.54) is 33.4 Å². The molecule has 0 unspecified atom stereocenters. The van der Waals surface area contributed by atoms with Gasteiger partial charge in [-0.15, -0.1) is 0 Å². The highest BCUT2D eigenvalue weighted by molar-refractivity contribution is 5.82. The zero-order valence-corrected chi connectivity index (χ0v) is 12.2. The van der Waals surface area contributed by atoms with E-state index in [-0.39, 0.29) is 0 Å². The first kappa shape index (κ1) is 13.1. The first-order chi connectivity index (χ1) is 9.70. The maximum Gasteiger partial charge on any atom is 0.0184 e. The average Bonchev–Trinajstić information content (AvgIpc) is 2.91. The van der Waals surface area contributed by atoms with Crippen molar-refractivity contribution in [3.8, 4) is 11.1 Å². The summed E-state index contributed by atoms with van der Waals surface area (Å²) in [5, 5.41) is 0. The largest absolute Gasteiger partial charge is 0.326 e. The van der Waals surface area contributed by atoms with Gasteiger partial charge in [0.05, 0.1) is 0 Å². The summed E-state index contributed by atoms with van der Waals surface area (Å²) in [4.78, 5) is 0. The van der Waals surface area contributed by atoms with Crippen LogP contribution in [0.2, 0.25) is 0 Å². The molecule has 1 heteroatoms.